The Balaban J connectivity index is 0.00000133. The van der Waals surface area contributed by atoms with Gasteiger partial charge in [-0.25, -0.2) is 4.98 Å². The first kappa shape index (κ1) is 13.9. The molecule has 0 radical (unpaired) electrons. The van der Waals surface area contributed by atoms with Gasteiger partial charge in [0.1, 0.15) is 0 Å². The number of benzene rings is 1. The summed E-state index contributed by atoms with van der Waals surface area (Å²) in [4.78, 5) is 8.91. The van der Waals surface area contributed by atoms with E-state index >= 15 is 0 Å². The molecule has 0 aliphatic carbocycles. The first-order valence-electron chi connectivity index (χ1n) is 5.80. The Bertz CT molecular complexity index is 628. The van der Waals surface area contributed by atoms with Gasteiger partial charge in [-0.15, -0.1) is 23.7 Å². The van der Waals surface area contributed by atoms with Gasteiger partial charge in [-0.05, 0) is 29.1 Å². The fourth-order valence-electron chi connectivity index (χ4n) is 1.85. The van der Waals surface area contributed by atoms with E-state index in [2.05, 4.69) is 26.7 Å². The van der Waals surface area contributed by atoms with Crippen LogP contribution in [0.3, 0.4) is 0 Å². The fourth-order valence-corrected chi connectivity index (χ4v) is 2.62. The summed E-state index contributed by atoms with van der Waals surface area (Å²) in [5.41, 5.74) is 8.86. The van der Waals surface area contributed by atoms with E-state index in [9.17, 15) is 0 Å². The third-order valence-corrected chi connectivity index (χ3v) is 3.77. The van der Waals surface area contributed by atoms with Crippen molar-refractivity contribution in [3.05, 3.63) is 46.2 Å². The topological polar surface area (TPSA) is 66.7 Å². The van der Waals surface area contributed by atoms with Crippen LogP contribution in [0.15, 0.2) is 35.7 Å². The largest absolute Gasteiger partial charge is 0.352 e. The summed E-state index contributed by atoms with van der Waals surface area (Å²) >= 11 is 1.69. The van der Waals surface area contributed by atoms with E-state index in [-0.39, 0.29) is 12.4 Å². The zero-order valence-corrected chi connectivity index (χ0v) is 11.9. The minimum absolute atomic E-state index is 0. The number of H-pyrrole nitrogens is 1. The lowest BCUT2D eigenvalue weighted by atomic mass is 10.3. The maximum Gasteiger partial charge on any atom is 0.201 e. The highest BCUT2D eigenvalue weighted by Gasteiger charge is 2.02. The van der Waals surface area contributed by atoms with Crippen LogP contribution in [0.5, 0.6) is 0 Å². The van der Waals surface area contributed by atoms with Crippen molar-refractivity contribution in [2.75, 3.05) is 5.32 Å². The molecule has 0 aliphatic rings. The van der Waals surface area contributed by atoms with Gasteiger partial charge in [0.2, 0.25) is 5.95 Å². The minimum Gasteiger partial charge on any atom is -0.352 e. The molecule has 100 valence electrons. The Hall–Kier alpha value is -1.56. The average Bonchev–Trinajstić information content (AvgIpc) is 3.02. The van der Waals surface area contributed by atoms with Crippen molar-refractivity contribution >= 4 is 40.7 Å². The number of nitrogens with one attached hydrogen (secondary N) is 2. The molecule has 6 heteroatoms. The van der Waals surface area contributed by atoms with Gasteiger partial charge >= 0.3 is 0 Å². The van der Waals surface area contributed by atoms with Crippen LogP contribution < -0.4 is 11.1 Å². The second-order valence-electron chi connectivity index (χ2n) is 4.08. The van der Waals surface area contributed by atoms with Gasteiger partial charge in [-0.1, -0.05) is 12.1 Å². The number of anilines is 1. The fraction of sp³-hybridized carbons (Fsp3) is 0.154. The molecular weight excluding hydrogens is 280 g/mol. The van der Waals surface area contributed by atoms with E-state index in [1.165, 1.54) is 10.4 Å². The van der Waals surface area contributed by atoms with Gasteiger partial charge in [0.05, 0.1) is 11.0 Å². The third-order valence-electron chi connectivity index (χ3n) is 2.76. The first-order valence-corrected chi connectivity index (χ1v) is 6.68. The number of nitrogens with two attached hydrogens (primary N) is 1. The summed E-state index contributed by atoms with van der Waals surface area (Å²) in [6.07, 6.45) is 0. The van der Waals surface area contributed by atoms with Crippen molar-refractivity contribution in [1.82, 2.24) is 9.97 Å². The molecule has 2 heterocycles. The number of fused-ring (bicyclic) bond motifs is 1. The smallest absolute Gasteiger partial charge is 0.201 e. The van der Waals surface area contributed by atoms with Crippen LogP contribution in [0, 0.1) is 0 Å². The summed E-state index contributed by atoms with van der Waals surface area (Å²) < 4.78 is 0. The van der Waals surface area contributed by atoms with E-state index in [1.807, 2.05) is 24.3 Å². The Morgan fingerprint density at radius 3 is 2.89 bits per heavy atom. The molecule has 0 saturated heterocycles. The van der Waals surface area contributed by atoms with Gasteiger partial charge in [0, 0.05) is 18.0 Å². The second kappa shape index (κ2) is 6.06. The third kappa shape index (κ3) is 3.07. The molecule has 3 rings (SSSR count). The van der Waals surface area contributed by atoms with Crippen molar-refractivity contribution in [2.24, 2.45) is 5.73 Å². The van der Waals surface area contributed by atoms with E-state index in [4.69, 9.17) is 5.73 Å². The lowest BCUT2D eigenvalue weighted by Gasteiger charge is -1.99. The zero-order valence-electron chi connectivity index (χ0n) is 10.2. The average molecular weight is 295 g/mol. The molecule has 1 aromatic carbocycles. The van der Waals surface area contributed by atoms with E-state index < -0.39 is 0 Å². The van der Waals surface area contributed by atoms with Crippen LogP contribution in [0.25, 0.3) is 11.0 Å². The van der Waals surface area contributed by atoms with Crippen molar-refractivity contribution in [3.63, 3.8) is 0 Å². The van der Waals surface area contributed by atoms with Crippen molar-refractivity contribution in [1.29, 1.82) is 0 Å². The lowest BCUT2D eigenvalue weighted by Crippen LogP contribution is -1.99. The van der Waals surface area contributed by atoms with Gasteiger partial charge < -0.3 is 16.0 Å². The summed E-state index contributed by atoms with van der Waals surface area (Å²) in [6, 6.07) is 10.1. The van der Waals surface area contributed by atoms with E-state index in [1.54, 1.807) is 11.3 Å². The van der Waals surface area contributed by atoms with Gasteiger partial charge in [-0.2, -0.15) is 0 Å². The van der Waals surface area contributed by atoms with Crippen LogP contribution in [-0.4, -0.2) is 9.97 Å². The molecular formula is C13H15ClN4S. The predicted molar refractivity (Wildman–Crippen MR) is 82.9 cm³/mol. The SMILES string of the molecule is Cl.NCc1cc(CNc2nc3ccccc3[nH]2)cs1. The Kier molecular flexibility index (Phi) is 4.42. The molecule has 19 heavy (non-hydrogen) atoms. The molecule has 4 nitrogen and oxygen atoms in total. The lowest BCUT2D eigenvalue weighted by molar-refractivity contribution is 1.08. The van der Waals surface area contributed by atoms with Crippen LogP contribution in [0.2, 0.25) is 0 Å². The molecule has 0 bridgehead atoms. The van der Waals surface area contributed by atoms with Gasteiger partial charge in [0.15, 0.2) is 0 Å². The van der Waals surface area contributed by atoms with Gasteiger partial charge in [0.25, 0.3) is 0 Å². The molecule has 0 atom stereocenters. The number of para-hydroxylation sites is 2. The summed E-state index contributed by atoms with van der Waals surface area (Å²) in [7, 11) is 0. The number of thiophene rings is 1. The number of aromatic nitrogens is 2. The number of hydrogen-bond acceptors (Lipinski definition) is 4. The predicted octanol–water partition coefficient (Wildman–Crippen LogP) is 3.12. The van der Waals surface area contributed by atoms with Crippen LogP contribution in [0.4, 0.5) is 5.95 Å². The van der Waals surface area contributed by atoms with Crippen molar-refractivity contribution < 1.29 is 0 Å². The quantitative estimate of drug-likeness (QED) is 0.692. The van der Waals surface area contributed by atoms with Crippen LogP contribution in [-0.2, 0) is 13.1 Å². The number of imidazole rings is 1. The highest BCUT2D eigenvalue weighted by atomic mass is 35.5. The van der Waals surface area contributed by atoms with Crippen LogP contribution >= 0.6 is 23.7 Å². The summed E-state index contributed by atoms with van der Waals surface area (Å²) in [5.74, 6) is 0.802. The van der Waals surface area contributed by atoms with Crippen LogP contribution in [0.1, 0.15) is 10.4 Å². The number of nitrogens with zero attached hydrogens (tertiary/aromatic N) is 1. The second-order valence-corrected chi connectivity index (χ2v) is 5.08. The highest BCUT2D eigenvalue weighted by molar-refractivity contribution is 7.10. The van der Waals surface area contributed by atoms with E-state index in [0.29, 0.717) is 6.54 Å². The maximum absolute atomic E-state index is 5.59. The number of rotatable bonds is 4. The highest BCUT2D eigenvalue weighted by Crippen LogP contribution is 2.17. The standard InChI is InChI=1S/C13H14N4S.ClH/c14-6-10-5-9(8-18-10)7-15-13-16-11-3-1-2-4-12(11)17-13;/h1-5,8H,6-7,14H2,(H2,15,16,17);1H. The van der Waals surface area contributed by atoms with Crippen molar-refractivity contribution in [3.8, 4) is 0 Å². The van der Waals surface area contributed by atoms with Crippen molar-refractivity contribution in [2.45, 2.75) is 13.1 Å². The Morgan fingerprint density at radius 2 is 2.16 bits per heavy atom. The monoisotopic (exact) mass is 294 g/mol. The Morgan fingerprint density at radius 1 is 1.32 bits per heavy atom. The van der Waals surface area contributed by atoms with E-state index in [0.717, 1.165) is 23.5 Å². The molecule has 0 aliphatic heterocycles. The normalized spacial score (nSPS) is 10.4. The summed E-state index contributed by atoms with van der Waals surface area (Å²) in [6.45, 7) is 1.37. The molecule has 0 unspecified atom stereocenters. The molecule has 0 spiro atoms. The number of halogens is 1. The molecule has 0 saturated carbocycles. The molecule has 0 amide bonds. The number of aromatic amines is 1. The van der Waals surface area contributed by atoms with Gasteiger partial charge in [-0.3, -0.25) is 0 Å². The minimum atomic E-state index is 0. The molecule has 0 fully saturated rings. The maximum atomic E-state index is 5.59. The molecule has 4 N–H and O–H groups in total. The number of hydrogen-bond donors (Lipinski definition) is 3. The molecule has 3 aromatic rings. The first-order chi connectivity index (χ1) is 8.85. The Labute approximate surface area is 121 Å². The molecule has 2 aromatic heterocycles. The summed E-state index contributed by atoms with van der Waals surface area (Å²) in [5, 5.41) is 5.41. The zero-order chi connectivity index (χ0) is 12.4.